The normalized spacial score (nSPS) is 11.4. The molecule has 0 N–H and O–H groups in total. The van der Waals surface area contributed by atoms with Crippen molar-refractivity contribution in [3.05, 3.63) is 28.0 Å². The molecular weight excluding hydrogens is 277 g/mol. The van der Waals surface area contributed by atoms with Gasteiger partial charge in [-0.05, 0) is 26.0 Å². The molecule has 6 heteroatoms. The number of pyridine rings is 1. The van der Waals surface area contributed by atoms with Crippen molar-refractivity contribution in [2.75, 3.05) is 13.7 Å². The lowest BCUT2D eigenvalue weighted by Gasteiger charge is -2.22. The molecule has 0 aromatic carbocycles. The molecule has 0 saturated heterocycles. The molecule has 1 aromatic heterocycles. The van der Waals surface area contributed by atoms with E-state index in [0.717, 1.165) is 0 Å². The summed E-state index contributed by atoms with van der Waals surface area (Å²) < 4.78 is 10.3. The average molecular weight is 292 g/mol. The molecule has 0 aliphatic heterocycles. The number of hydrogen-bond donors (Lipinski definition) is 0. The fourth-order valence-electron chi connectivity index (χ4n) is 1.13. The predicted molar refractivity (Wildman–Crippen MR) is 70.2 cm³/mol. The molecule has 0 amide bonds. The lowest BCUT2D eigenvalue weighted by Crippen LogP contribution is -2.25. The molecule has 0 fully saturated rings. The van der Waals surface area contributed by atoms with Crippen LogP contribution in [0.3, 0.4) is 0 Å². The highest BCUT2D eigenvalue weighted by Crippen LogP contribution is 2.18. The van der Waals surface area contributed by atoms with Crippen LogP contribution < -0.4 is 0 Å². The van der Waals surface area contributed by atoms with Crippen molar-refractivity contribution in [1.82, 2.24) is 4.98 Å². The summed E-state index contributed by atoms with van der Waals surface area (Å²) in [5.74, 6) is -0.518. The second-order valence-corrected chi connectivity index (χ2v) is 5.07. The first-order valence-corrected chi connectivity index (χ1v) is 6.15. The van der Waals surface area contributed by atoms with Crippen LogP contribution in [0.5, 0.6) is 0 Å². The van der Waals surface area contributed by atoms with Crippen LogP contribution in [-0.4, -0.2) is 30.3 Å². The minimum absolute atomic E-state index is 0.0403. The van der Waals surface area contributed by atoms with Gasteiger partial charge in [-0.25, -0.2) is 9.78 Å². The van der Waals surface area contributed by atoms with Gasteiger partial charge in [-0.3, -0.25) is 0 Å². The van der Waals surface area contributed by atoms with Gasteiger partial charge in [-0.15, -0.1) is 0 Å². The van der Waals surface area contributed by atoms with E-state index < -0.39 is 5.97 Å². The number of esters is 1. The largest absolute Gasteiger partial charge is 0.462 e. The van der Waals surface area contributed by atoms with Gasteiger partial charge in [0.2, 0.25) is 0 Å². The molecule has 0 spiro atoms. The number of rotatable bonds is 5. The van der Waals surface area contributed by atoms with Gasteiger partial charge in [-0.1, -0.05) is 23.2 Å². The van der Waals surface area contributed by atoms with Crippen LogP contribution in [-0.2, 0) is 9.47 Å². The number of ether oxygens (including phenoxy) is 2. The monoisotopic (exact) mass is 291 g/mol. The first-order chi connectivity index (χ1) is 8.35. The Labute approximate surface area is 116 Å². The van der Waals surface area contributed by atoms with Gasteiger partial charge in [0.15, 0.2) is 0 Å². The molecule has 4 nitrogen and oxygen atoms in total. The number of halogens is 2. The van der Waals surface area contributed by atoms with E-state index in [1.54, 1.807) is 7.11 Å². The first kappa shape index (κ1) is 15.2. The third-order valence-corrected chi connectivity index (χ3v) is 3.02. The Bertz CT molecular complexity index is 435. The summed E-state index contributed by atoms with van der Waals surface area (Å²) >= 11 is 11.4. The minimum atomic E-state index is -0.518. The highest BCUT2D eigenvalue weighted by molar-refractivity contribution is 6.34. The topological polar surface area (TPSA) is 48.4 Å². The van der Waals surface area contributed by atoms with Crippen LogP contribution in [0.15, 0.2) is 12.1 Å². The molecular formula is C12H15Cl2NO3. The lowest BCUT2D eigenvalue weighted by molar-refractivity contribution is -0.00563. The molecule has 0 bridgehead atoms. The summed E-state index contributed by atoms with van der Waals surface area (Å²) in [6, 6.07) is 2.98. The molecule has 0 aliphatic rings. The lowest BCUT2D eigenvalue weighted by atomic mass is 10.1. The maximum atomic E-state index is 11.7. The maximum absolute atomic E-state index is 11.7. The highest BCUT2D eigenvalue weighted by Gasteiger charge is 2.18. The molecule has 0 radical (unpaired) electrons. The van der Waals surface area contributed by atoms with Crippen LogP contribution in [0.25, 0.3) is 0 Å². The zero-order chi connectivity index (χ0) is 13.8. The van der Waals surface area contributed by atoms with Crippen LogP contribution in [0.1, 0.15) is 30.6 Å². The van der Waals surface area contributed by atoms with Crippen molar-refractivity contribution in [1.29, 1.82) is 0 Å². The molecule has 0 saturated carbocycles. The number of hydrogen-bond acceptors (Lipinski definition) is 4. The van der Waals surface area contributed by atoms with Crippen molar-refractivity contribution >= 4 is 29.2 Å². The average Bonchev–Trinajstić information content (AvgIpc) is 2.28. The van der Waals surface area contributed by atoms with Crippen LogP contribution >= 0.6 is 23.2 Å². The quantitative estimate of drug-likeness (QED) is 0.616. The van der Waals surface area contributed by atoms with Crippen molar-refractivity contribution in [2.24, 2.45) is 0 Å². The van der Waals surface area contributed by atoms with Gasteiger partial charge < -0.3 is 9.47 Å². The van der Waals surface area contributed by atoms with Gasteiger partial charge in [-0.2, -0.15) is 0 Å². The SMILES string of the molecule is COC(C)(C)CCOC(=O)c1ccc(Cl)nc1Cl. The van der Waals surface area contributed by atoms with E-state index in [2.05, 4.69) is 4.98 Å². The van der Waals surface area contributed by atoms with Gasteiger partial charge in [0.1, 0.15) is 10.3 Å². The van der Waals surface area contributed by atoms with Crippen LogP contribution in [0.4, 0.5) is 0 Å². The van der Waals surface area contributed by atoms with E-state index in [0.29, 0.717) is 6.42 Å². The van der Waals surface area contributed by atoms with Crippen LogP contribution in [0, 0.1) is 0 Å². The summed E-state index contributed by atoms with van der Waals surface area (Å²) in [6.07, 6.45) is 0.591. The Morgan fingerprint density at radius 1 is 1.39 bits per heavy atom. The number of carbonyl (C=O) groups is 1. The first-order valence-electron chi connectivity index (χ1n) is 5.40. The van der Waals surface area contributed by atoms with Gasteiger partial charge in [0, 0.05) is 13.5 Å². The van der Waals surface area contributed by atoms with E-state index >= 15 is 0 Å². The number of carbonyl (C=O) groups excluding carboxylic acids is 1. The molecule has 1 aromatic rings. The Hall–Kier alpha value is -0.840. The molecule has 0 atom stereocenters. The van der Waals surface area contributed by atoms with Gasteiger partial charge >= 0.3 is 5.97 Å². The summed E-state index contributed by atoms with van der Waals surface area (Å²) in [4.78, 5) is 15.5. The highest BCUT2D eigenvalue weighted by atomic mass is 35.5. The second kappa shape index (κ2) is 6.36. The number of nitrogens with zero attached hydrogens (tertiary/aromatic N) is 1. The number of methoxy groups -OCH3 is 1. The Morgan fingerprint density at radius 2 is 2.06 bits per heavy atom. The Morgan fingerprint density at radius 3 is 2.61 bits per heavy atom. The second-order valence-electron chi connectivity index (χ2n) is 4.32. The zero-order valence-electron chi connectivity index (χ0n) is 10.5. The van der Waals surface area contributed by atoms with Crippen molar-refractivity contribution in [2.45, 2.75) is 25.9 Å². The smallest absolute Gasteiger partial charge is 0.341 e. The van der Waals surface area contributed by atoms with Gasteiger partial charge in [0.05, 0.1) is 17.8 Å². The summed E-state index contributed by atoms with van der Waals surface area (Å²) in [7, 11) is 1.61. The zero-order valence-corrected chi connectivity index (χ0v) is 12.0. The van der Waals surface area contributed by atoms with E-state index in [9.17, 15) is 4.79 Å². The molecule has 18 heavy (non-hydrogen) atoms. The van der Waals surface area contributed by atoms with Crippen molar-refractivity contribution < 1.29 is 14.3 Å². The molecule has 1 rings (SSSR count). The van der Waals surface area contributed by atoms with E-state index in [4.69, 9.17) is 32.7 Å². The third kappa shape index (κ3) is 4.44. The maximum Gasteiger partial charge on any atom is 0.341 e. The Balaban J connectivity index is 2.56. The Kier molecular flexibility index (Phi) is 5.38. The summed E-state index contributed by atoms with van der Waals surface area (Å²) in [6.45, 7) is 4.08. The van der Waals surface area contributed by atoms with E-state index in [-0.39, 0.29) is 28.1 Å². The van der Waals surface area contributed by atoms with Gasteiger partial charge in [0.25, 0.3) is 0 Å². The summed E-state index contributed by atoms with van der Waals surface area (Å²) in [5, 5.41) is 0.274. The van der Waals surface area contributed by atoms with Crippen LogP contribution in [0.2, 0.25) is 10.3 Å². The minimum Gasteiger partial charge on any atom is -0.462 e. The van der Waals surface area contributed by atoms with Crippen molar-refractivity contribution in [3.63, 3.8) is 0 Å². The molecule has 1 heterocycles. The number of aromatic nitrogens is 1. The standard InChI is InChI=1S/C12H15Cl2NO3/c1-12(2,17-3)6-7-18-11(16)8-4-5-9(13)15-10(8)14/h4-5H,6-7H2,1-3H3. The molecule has 0 aliphatic carbocycles. The molecule has 0 unspecified atom stereocenters. The summed E-state index contributed by atoms with van der Waals surface area (Å²) in [5.41, 5.74) is -0.126. The predicted octanol–water partition coefficient (Wildman–Crippen LogP) is 3.36. The van der Waals surface area contributed by atoms with E-state index in [1.165, 1.54) is 12.1 Å². The fourth-order valence-corrected chi connectivity index (χ4v) is 1.56. The third-order valence-electron chi connectivity index (χ3n) is 2.52. The molecule has 100 valence electrons. The van der Waals surface area contributed by atoms with E-state index in [1.807, 2.05) is 13.8 Å². The fraction of sp³-hybridized carbons (Fsp3) is 0.500. The van der Waals surface area contributed by atoms with Crippen molar-refractivity contribution in [3.8, 4) is 0 Å².